The Morgan fingerprint density at radius 3 is 0.857 bits per heavy atom. The monoisotopic (exact) mass is 481 g/mol. The van der Waals surface area contributed by atoms with E-state index in [0.717, 1.165) is 0 Å². The quantitative estimate of drug-likeness (QED) is 0.0985. The van der Waals surface area contributed by atoms with Crippen LogP contribution in [0.25, 0.3) is 0 Å². The molecule has 0 aliphatic heterocycles. The molecule has 0 bridgehead atoms. The Labute approximate surface area is 190 Å². The van der Waals surface area contributed by atoms with Gasteiger partial charge in [0.05, 0.1) is 0 Å². The Morgan fingerprint density at radius 1 is 0.393 bits per heavy atom. The molecule has 0 amide bonds. The first-order chi connectivity index (χ1) is 13.3. The van der Waals surface area contributed by atoms with Crippen molar-refractivity contribution in [2.45, 2.75) is 136 Å². The molecule has 28 heavy (non-hydrogen) atoms. The Balaban J connectivity index is -0.00000201. The predicted molar refractivity (Wildman–Crippen MR) is 142 cm³/mol. The molecule has 0 heterocycles. The fourth-order valence-corrected chi connectivity index (χ4v) is 6.37. The molecule has 174 valence electrons. The zero-order valence-corrected chi connectivity index (χ0v) is 22.9. The molecule has 0 aromatic heterocycles. The first-order valence-corrected chi connectivity index (χ1v) is 15.9. The van der Waals surface area contributed by atoms with Crippen molar-refractivity contribution in [2.24, 2.45) is 0 Å². The third-order valence-corrected chi connectivity index (χ3v) is 8.33. The van der Waals surface area contributed by atoms with E-state index >= 15 is 0 Å². The Morgan fingerprint density at radius 2 is 0.607 bits per heavy atom. The van der Waals surface area contributed by atoms with Crippen molar-refractivity contribution in [1.29, 1.82) is 0 Å². The smallest absolute Gasteiger partial charge is 0.00848 e. The van der Waals surface area contributed by atoms with Crippen molar-refractivity contribution in [3.63, 3.8) is 0 Å². The van der Waals surface area contributed by atoms with E-state index < -0.39 is 0 Å². The molecule has 0 aromatic carbocycles. The summed E-state index contributed by atoms with van der Waals surface area (Å²) in [6.45, 7) is 6.96. The zero-order valence-electron chi connectivity index (χ0n) is 20.4. The predicted octanol–water partition coefficient (Wildman–Crippen LogP) is 10.7. The van der Waals surface area contributed by atoms with E-state index in [4.69, 9.17) is 0 Å². The Bertz CT molecular complexity index is 201. The summed E-state index contributed by atoms with van der Waals surface area (Å²) in [6, 6.07) is 0. The molecule has 0 atom stereocenters. The molecule has 3 heteroatoms. The van der Waals surface area contributed by atoms with Gasteiger partial charge in [-0.3, -0.25) is 0 Å². The van der Waals surface area contributed by atoms with Crippen LogP contribution in [0.3, 0.4) is 0 Å². The minimum atomic E-state index is 0. The summed E-state index contributed by atoms with van der Waals surface area (Å²) in [7, 11) is 0.366. The van der Waals surface area contributed by atoms with E-state index in [1.165, 1.54) is 116 Å². The normalized spacial score (nSPS) is 10.5. The summed E-state index contributed by atoms with van der Waals surface area (Å²) >= 11 is 2.94. The zero-order chi connectivity index (χ0) is 20.4. The molecule has 0 unspecified atom stereocenters. The van der Waals surface area contributed by atoms with Crippen LogP contribution >= 0.6 is 23.9 Å². The van der Waals surface area contributed by atoms with Gasteiger partial charge in [0.15, 0.2) is 0 Å². The van der Waals surface area contributed by atoms with Gasteiger partial charge in [0.2, 0.25) is 0 Å². The van der Waals surface area contributed by atoms with Crippen molar-refractivity contribution < 1.29 is 0 Å². The van der Waals surface area contributed by atoms with Gasteiger partial charge in [-0.1, -0.05) is 133 Å². The standard InChI is InChI=1S/C24H51P.CH3Br.H3N/c1-4-7-10-13-16-19-22-25(23-20-17-14-11-8-5-2)24-21-18-15-12-9-6-3;1-2;/h4-24H2,1-3H3;1H3;1H3. The lowest BCUT2D eigenvalue weighted by Crippen LogP contribution is -1.97. The number of rotatable bonds is 21. The van der Waals surface area contributed by atoms with Crippen LogP contribution in [-0.4, -0.2) is 24.3 Å². The van der Waals surface area contributed by atoms with E-state index in [9.17, 15) is 0 Å². The lowest BCUT2D eigenvalue weighted by molar-refractivity contribution is 0.617. The molecule has 0 fully saturated rings. The van der Waals surface area contributed by atoms with E-state index in [2.05, 4.69) is 36.7 Å². The van der Waals surface area contributed by atoms with Gasteiger partial charge in [-0.25, -0.2) is 0 Å². The molecule has 0 saturated carbocycles. The number of unbranched alkanes of at least 4 members (excludes halogenated alkanes) is 15. The lowest BCUT2D eigenvalue weighted by atomic mass is 10.1. The molecular formula is C25H57BrNP. The van der Waals surface area contributed by atoms with Gasteiger partial charge in [-0.2, -0.15) is 0 Å². The maximum Gasteiger partial charge on any atom is -0.00848 e. The van der Waals surface area contributed by atoms with Crippen LogP contribution in [0, 0.1) is 0 Å². The molecule has 0 aromatic rings. The van der Waals surface area contributed by atoms with Crippen LogP contribution in [0.4, 0.5) is 0 Å². The molecule has 0 aliphatic carbocycles. The second-order valence-electron chi connectivity index (χ2n) is 8.14. The van der Waals surface area contributed by atoms with Crippen LogP contribution in [-0.2, 0) is 0 Å². The van der Waals surface area contributed by atoms with Gasteiger partial charge < -0.3 is 6.15 Å². The highest BCUT2D eigenvalue weighted by Crippen LogP contribution is 2.39. The molecule has 3 N–H and O–H groups in total. The van der Waals surface area contributed by atoms with Crippen LogP contribution in [0.15, 0.2) is 0 Å². The second-order valence-corrected chi connectivity index (χ2v) is 10.8. The molecule has 0 rings (SSSR count). The Kier molecular flexibility index (Phi) is 38.9. The average molecular weight is 483 g/mol. The summed E-state index contributed by atoms with van der Waals surface area (Å²) in [5.74, 6) is 1.81. The highest BCUT2D eigenvalue weighted by Gasteiger charge is 2.07. The summed E-state index contributed by atoms with van der Waals surface area (Å²) in [6.07, 6.45) is 31.2. The SMILES string of the molecule is CBr.CCCCCCCCP(CCCCCCCC)CCCCCCCC.N. The minimum absolute atomic E-state index is 0. The van der Waals surface area contributed by atoms with E-state index in [-0.39, 0.29) is 6.15 Å². The van der Waals surface area contributed by atoms with Gasteiger partial charge in [-0.15, -0.1) is 7.92 Å². The van der Waals surface area contributed by atoms with Crippen molar-refractivity contribution in [1.82, 2.24) is 6.15 Å². The minimum Gasteiger partial charge on any atom is -0.344 e. The molecule has 0 saturated heterocycles. The van der Waals surface area contributed by atoms with Gasteiger partial charge >= 0.3 is 0 Å². The van der Waals surface area contributed by atoms with E-state index in [0.29, 0.717) is 7.92 Å². The number of halogens is 1. The highest BCUT2D eigenvalue weighted by molar-refractivity contribution is 9.08. The molecule has 0 spiro atoms. The third kappa shape index (κ3) is 29.1. The number of alkyl halides is 1. The van der Waals surface area contributed by atoms with Crippen LogP contribution in [0.2, 0.25) is 0 Å². The van der Waals surface area contributed by atoms with Gasteiger partial charge in [-0.05, 0) is 43.6 Å². The third-order valence-electron chi connectivity index (χ3n) is 5.48. The fourth-order valence-electron chi connectivity index (χ4n) is 3.68. The molecule has 1 nitrogen and oxygen atoms in total. The van der Waals surface area contributed by atoms with Crippen LogP contribution in [0.5, 0.6) is 0 Å². The molecule has 0 aliphatic rings. The largest absolute Gasteiger partial charge is 0.344 e. The summed E-state index contributed by atoms with van der Waals surface area (Å²) < 4.78 is 0. The van der Waals surface area contributed by atoms with Crippen molar-refractivity contribution in [2.75, 3.05) is 24.3 Å². The first kappa shape index (κ1) is 33.5. The molecule has 0 radical (unpaired) electrons. The average Bonchev–Trinajstić information content (AvgIpc) is 2.70. The van der Waals surface area contributed by atoms with Gasteiger partial charge in [0, 0.05) is 0 Å². The Hall–Kier alpha value is 0.870. The first-order valence-electron chi connectivity index (χ1n) is 12.4. The van der Waals surface area contributed by atoms with E-state index in [1.807, 2.05) is 5.83 Å². The molecular weight excluding hydrogens is 425 g/mol. The van der Waals surface area contributed by atoms with Gasteiger partial charge in [0.25, 0.3) is 0 Å². The van der Waals surface area contributed by atoms with Crippen molar-refractivity contribution >= 4 is 23.9 Å². The lowest BCUT2D eigenvalue weighted by Gasteiger charge is -2.18. The second kappa shape index (κ2) is 32.5. The van der Waals surface area contributed by atoms with Crippen LogP contribution < -0.4 is 6.15 Å². The topological polar surface area (TPSA) is 35.0 Å². The van der Waals surface area contributed by atoms with Crippen molar-refractivity contribution in [3.05, 3.63) is 0 Å². The van der Waals surface area contributed by atoms with Crippen LogP contribution in [0.1, 0.15) is 136 Å². The summed E-state index contributed by atoms with van der Waals surface area (Å²) in [5.41, 5.74) is 0. The summed E-state index contributed by atoms with van der Waals surface area (Å²) in [5, 5.41) is 0. The maximum absolute atomic E-state index is 2.94. The van der Waals surface area contributed by atoms with E-state index in [1.54, 1.807) is 18.5 Å². The van der Waals surface area contributed by atoms with Crippen molar-refractivity contribution in [3.8, 4) is 0 Å². The number of hydrogen-bond acceptors (Lipinski definition) is 1. The number of hydrogen-bond donors (Lipinski definition) is 1. The van der Waals surface area contributed by atoms with Gasteiger partial charge in [0.1, 0.15) is 0 Å². The summed E-state index contributed by atoms with van der Waals surface area (Å²) in [4.78, 5) is 0. The maximum atomic E-state index is 2.94. The fraction of sp³-hybridized carbons (Fsp3) is 1.00. The highest BCUT2D eigenvalue weighted by atomic mass is 79.9.